The van der Waals surface area contributed by atoms with E-state index in [4.69, 9.17) is 10.2 Å². The fourth-order valence-corrected chi connectivity index (χ4v) is 1.91. The molecule has 5 heteroatoms. The summed E-state index contributed by atoms with van der Waals surface area (Å²) in [5, 5.41) is 2.82. The van der Waals surface area contributed by atoms with Gasteiger partial charge >= 0.3 is 0 Å². The number of nitrogen functional groups attached to an aromatic ring is 1. The number of hydrogen-bond donors (Lipinski definition) is 2. The molecule has 0 atom stereocenters. The molecule has 0 fully saturated rings. The van der Waals surface area contributed by atoms with Crippen LogP contribution in [0.15, 0.2) is 47.1 Å². The van der Waals surface area contributed by atoms with Gasteiger partial charge in [0.25, 0.3) is 0 Å². The highest BCUT2D eigenvalue weighted by atomic mass is 16.3. The number of likely N-dealkylation sites (N-methyl/N-ethyl adjacent to an activating group) is 1. The fourth-order valence-electron chi connectivity index (χ4n) is 1.91. The Morgan fingerprint density at radius 3 is 2.75 bits per heavy atom. The lowest BCUT2D eigenvalue weighted by Crippen LogP contribution is -2.32. The van der Waals surface area contributed by atoms with Crippen LogP contribution in [0.1, 0.15) is 12.7 Å². The Labute approximate surface area is 118 Å². The average Bonchev–Trinajstić information content (AvgIpc) is 2.93. The molecule has 2 rings (SSSR count). The van der Waals surface area contributed by atoms with Crippen LogP contribution in [0.5, 0.6) is 0 Å². The molecule has 0 aliphatic heterocycles. The molecule has 0 spiro atoms. The minimum atomic E-state index is -0.0868. The zero-order chi connectivity index (χ0) is 14.4. The average molecular weight is 273 g/mol. The van der Waals surface area contributed by atoms with Crippen LogP contribution in [-0.2, 0) is 11.3 Å². The summed E-state index contributed by atoms with van der Waals surface area (Å²) in [4.78, 5) is 14.0. The number of amides is 1. The van der Waals surface area contributed by atoms with Crippen LogP contribution in [-0.4, -0.2) is 23.9 Å². The van der Waals surface area contributed by atoms with Crippen molar-refractivity contribution in [2.45, 2.75) is 13.5 Å². The maximum atomic E-state index is 12.0. The standard InChI is InChI=1S/C15H19N3O2/c1-2-18(10-12-6-5-9-20-12)11-15(19)17-14-8-4-3-7-13(14)16/h3-9H,2,10-11,16H2,1H3,(H,17,19). The van der Waals surface area contributed by atoms with Gasteiger partial charge < -0.3 is 15.5 Å². The highest BCUT2D eigenvalue weighted by Gasteiger charge is 2.11. The van der Waals surface area contributed by atoms with Crippen molar-refractivity contribution in [2.24, 2.45) is 0 Å². The van der Waals surface area contributed by atoms with Crippen molar-refractivity contribution in [2.75, 3.05) is 24.1 Å². The minimum Gasteiger partial charge on any atom is -0.468 e. The van der Waals surface area contributed by atoms with Crippen LogP contribution in [0.25, 0.3) is 0 Å². The van der Waals surface area contributed by atoms with E-state index in [2.05, 4.69) is 5.32 Å². The van der Waals surface area contributed by atoms with Gasteiger partial charge in [0.15, 0.2) is 0 Å². The lowest BCUT2D eigenvalue weighted by molar-refractivity contribution is -0.117. The van der Waals surface area contributed by atoms with Gasteiger partial charge in [0.1, 0.15) is 5.76 Å². The maximum Gasteiger partial charge on any atom is 0.238 e. The summed E-state index contributed by atoms with van der Waals surface area (Å²) in [5.41, 5.74) is 7.01. The second kappa shape index (κ2) is 6.77. The molecule has 0 saturated carbocycles. The van der Waals surface area contributed by atoms with Gasteiger partial charge in [0, 0.05) is 0 Å². The topological polar surface area (TPSA) is 71.5 Å². The first-order chi connectivity index (χ1) is 9.69. The Morgan fingerprint density at radius 1 is 1.30 bits per heavy atom. The van der Waals surface area contributed by atoms with Gasteiger partial charge in [0.2, 0.25) is 5.91 Å². The Morgan fingerprint density at radius 2 is 2.10 bits per heavy atom. The molecule has 0 unspecified atom stereocenters. The second-order valence-corrected chi connectivity index (χ2v) is 4.52. The van der Waals surface area contributed by atoms with Gasteiger partial charge in [-0.1, -0.05) is 19.1 Å². The normalized spacial score (nSPS) is 10.7. The van der Waals surface area contributed by atoms with Gasteiger partial charge in [-0.25, -0.2) is 0 Å². The third-order valence-electron chi connectivity index (χ3n) is 3.01. The lowest BCUT2D eigenvalue weighted by atomic mass is 10.2. The number of para-hydroxylation sites is 2. The van der Waals surface area contributed by atoms with E-state index >= 15 is 0 Å². The molecule has 1 amide bonds. The number of hydrogen-bond acceptors (Lipinski definition) is 4. The largest absolute Gasteiger partial charge is 0.468 e. The molecule has 20 heavy (non-hydrogen) atoms. The first kappa shape index (κ1) is 14.1. The maximum absolute atomic E-state index is 12.0. The number of nitrogens with one attached hydrogen (secondary N) is 1. The van der Waals surface area contributed by atoms with Crippen LogP contribution in [0.3, 0.4) is 0 Å². The van der Waals surface area contributed by atoms with Crippen molar-refractivity contribution in [3.8, 4) is 0 Å². The van der Waals surface area contributed by atoms with Crippen LogP contribution in [0.4, 0.5) is 11.4 Å². The Bertz CT molecular complexity index is 552. The van der Waals surface area contributed by atoms with Crippen molar-refractivity contribution in [3.05, 3.63) is 48.4 Å². The molecule has 0 radical (unpaired) electrons. The summed E-state index contributed by atoms with van der Waals surface area (Å²) < 4.78 is 5.29. The third-order valence-corrected chi connectivity index (χ3v) is 3.01. The van der Waals surface area contributed by atoms with Crippen molar-refractivity contribution >= 4 is 17.3 Å². The lowest BCUT2D eigenvalue weighted by Gasteiger charge is -2.18. The fraction of sp³-hybridized carbons (Fsp3) is 0.267. The second-order valence-electron chi connectivity index (χ2n) is 4.52. The quantitative estimate of drug-likeness (QED) is 0.792. The zero-order valence-electron chi connectivity index (χ0n) is 11.5. The molecule has 3 N–H and O–H groups in total. The Balaban J connectivity index is 1.91. The van der Waals surface area contributed by atoms with Crippen LogP contribution in [0.2, 0.25) is 0 Å². The molecule has 0 bridgehead atoms. The molecule has 0 aliphatic rings. The first-order valence-corrected chi connectivity index (χ1v) is 6.58. The van der Waals surface area contributed by atoms with Crippen molar-refractivity contribution in [1.82, 2.24) is 4.90 Å². The summed E-state index contributed by atoms with van der Waals surface area (Å²) in [7, 11) is 0. The van der Waals surface area contributed by atoms with E-state index in [-0.39, 0.29) is 5.91 Å². The number of nitrogens with two attached hydrogens (primary N) is 1. The highest BCUT2D eigenvalue weighted by molar-refractivity contribution is 5.95. The molecule has 0 aliphatic carbocycles. The van der Waals surface area contributed by atoms with E-state index in [0.29, 0.717) is 24.5 Å². The smallest absolute Gasteiger partial charge is 0.238 e. The molecule has 1 heterocycles. The molecule has 1 aromatic carbocycles. The van der Waals surface area contributed by atoms with E-state index in [1.165, 1.54) is 0 Å². The Hall–Kier alpha value is -2.27. The molecule has 0 saturated heterocycles. The molecule has 2 aromatic rings. The summed E-state index contributed by atoms with van der Waals surface area (Å²) >= 11 is 0. The number of benzene rings is 1. The summed E-state index contributed by atoms with van der Waals surface area (Å²) in [6, 6.07) is 11.0. The summed E-state index contributed by atoms with van der Waals surface area (Å²) in [6.45, 7) is 3.68. The van der Waals surface area contributed by atoms with Crippen LogP contribution in [0, 0.1) is 0 Å². The number of furan rings is 1. The van der Waals surface area contributed by atoms with Crippen molar-refractivity contribution in [3.63, 3.8) is 0 Å². The summed E-state index contributed by atoms with van der Waals surface area (Å²) in [6.07, 6.45) is 1.63. The molecular formula is C15H19N3O2. The van der Waals surface area contributed by atoms with Gasteiger partial charge in [0.05, 0.1) is 30.7 Å². The molecular weight excluding hydrogens is 254 g/mol. The number of anilines is 2. The summed E-state index contributed by atoms with van der Waals surface area (Å²) in [5.74, 6) is 0.759. The number of carbonyl (C=O) groups excluding carboxylic acids is 1. The van der Waals surface area contributed by atoms with Gasteiger partial charge in [-0.15, -0.1) is 0 Å². The van der Waals surface area contributed by atoms with Crippen molar-refractivity contribution in [1.29, 1.82) is 0 Å². The number of rotatable bonds is 6. The first-order valence-electron chi connectivity index (χ1n) is 6.58. The van der Waals surface area contributed by atoms with E-state index in [1.807, 2.05) is 36.1 Å². The predicted molar refractivity (Wildman–Crippen MR) is 79.1 cm³/mol. The van der Waals surface area contributed by atoms with Crippen LogP contribution < -0.4 is 11.1 Å². The highest BCUT2D eigenvalue weighted by Crippen LogP contribution is 2.16. The van der Waals surface area contributed by atoms with Gasteiger partial charge in [-0.2, -0.15) is 0 Å². The van der Waals surface area contributed by atoms with E-state index in [0.717, 1.165) is 12.3 Å². The third kappa shape index (κ3) is 3.86. The van der Waals surface area contributed by atoms with Gasteiger partial charge in [-0.3, -0.25) is 9.69 Å². The van der Waals surface area contributed by atoms with E-state index in [1.54, 1.807) is 18.4 Å². The predicted octanol–water partition coefficient (Wildman–Crippen LogP) is 2.32. The van der Waals surface area contributed by atoms with Gasteiger partial charge in [-0.05, 0) is 30.8 Å². The molecule has 5 nitrogen and oxygen atoms in total. The molecule has 1 aromatic heterocycles. The van der Waals surface area contributed by atoms with E-state index < -0.39 is 0 Å². The van der Waals surface area contributed by atoms with Crippen molar-refractivity contribution < 1.29 is 9.21 Å². The number of nitrogens with zero attached hydrogens (tertiary/aromatic N) is 1. The SMILES string of the molecule is CCN(CC(=O)Nc1ccccc1N)Cc1ccco1. The zero-order valence-corrected chi connectivity index (χ0v) is 11.5. The van der Waals surface area contributed by atoms with E-state index in [9.17, 15) is 4.79 Å². The number of carbonyl (C=O) groups is 1. The monoisotopic (exact) mass is 273 g/mol. The minimum absolute atomic E-state index is 0.0868. The van der Waals surface area contributed by atoms with Crippen LogP contribution >= 0.6 is 0 Å². The Kier molecular flexibility index (Phi) is 4.79. The molecule has 106 valence electrons.